The van der Waals surface area contributed by atoms with Crippen LogP contribution in [0.25, 0.3) is 0 Å². The van der Waals surface area contributed by atoms with Gasteiger partial charge in [-0.1, -0.05) is 61.3 Å². The Bertz CT molecular complexity index is 1400. The first-order valence-electron chi connectivity index (χ1n) is 12.5. The molecule has 0 amide bonds. The number of unbranched alkanes of at least 4 members (excludes halogenated alkanes) is 1. The Balaban J connectivity index is 1.73. The average molecular weight is 656 g/mol. The number of ether oxygens (including phenoxy) is 3. The molecule has 12 heteroatoms. The third kappa shape index (κ3) is 6.67. The molecule has 0 radical (unpaired) electrons. The zero-order chi connectivity index (χ0) is 28.1. The first-order valence-corrected chi connectivity index (χ1v) is 15.0. The van der Waals surface area contributed by atoms with Crippen molar-refractivity contribution in [2.45, 2.75) is 51.4 Å². The van der Waals surface area contributed by atoms with E-state index >= 15 is 0 Å². The molecule has 1 aliphatic heterocycles. The topological polar surface area (TPSA) is 87.5 Å². The number of anilines is 1. The van der Waals surface area contributed by atoms with Gasteiger partial charge in [-0.15, -0.1) is 5.10 Å². The molecule has 39 heavy (non-hydrogen) atoms. The number of nitrogens with one attached hydrogen (secondary N) is 1. The fourth-order valence-electron chi connectivity index (χ4n) is 4.10. The van der Waals surface area contributed by atoms with Crippen LogP contribution < -0.4 is 14.8 Å². The number of halogens is 3. The number of carbonyl (C=O) groups excluding carboxylic acids is 1. The van der Waals surface area contributed by atoms with E-state index in [9.17, 15) is 4.79 Å². The van der Waals surface area contributed by atoms with Gasteiger partial charge in [-0.25, -0.2) is 9.48 Å². The molecule has 1 aromatic heterocycles. The van der Waals surface area contributed by atoms with Gasteiger partial charge in [0.25, 0.3) is 0 Å². The highest BCUT2D eigenvalue weighted by atomic mass is 79.9. The van der Waals surface area contributed by atoms with Crippen molar-refractivity contribution in [2.24, 2.45) is 0 Å². The molecule has 8 nitrogen and oxygen atoms in total. The maximum Gasteiger partial charge on any atom is 0.338 e. The highest BCUT2D eigenvalue weighted by Gasteiger charge is 2.36. The molecule has 1 unspecified atom stereocenters. The molecular formula is C27H29BrCl2N4O4S. The van der Waals surface area contributed by atoms with Crippen LogP contribution in [0.4, 0.5) is 5.95 Å². The maximum absolute atomic E-state index is 13.4. The Kier molecular flexibility index (Phi) is 10.1. The molecular weight excluding hydrogens is 627 g/mol. The van der Waals surface area contributed by atoms with E-state index in [-0.39, 0.29) is 6.61 Å². The van der Waals surface area contributed by atoms with E-state index in [1.165, 1.54) is 11.8 Å². The SMILES string of the molecule is CCCCOC(=O)C1=C(C)Nc2nc(SCC)nn2C1c1cc(Br)c(OCc2ccc(Cl)c(Cl)c2)c(OC)c1. The summed E-state index contributed by atoms with van der Waals surface area (Å²) < 4.78 is 19.9. The zero-order valence-electron chi connectivity index (χ0n) is 22.0. The Morgan fingerprint density at radius 1 is 1.21 bits per heavy atom. The van der Waals surface area contributed by atoms with Gasteiger partial charge in [-0.3, -0.25) is 0 Å². The second-order valence-corrected chi connectivity index (χ2v) is 11.6. The number of hydrogen-bond donors (Lipinski definition) is 1. The van der Waals surface area contributed by atoms with Crippen LogP contribution in [0.2, 0.25) is 10.0 Å². The fourth-order valence-corrected chi connectivity index (χ4v) is 5.55. The maximum atomic E-state index is 13.4. The number of carbonyl (C=O) groups is 1. The quantitative estimate of drug-likeness (QED) is 0.128. The lowest BCUT2D eigenvalue weighted by atomic mass is 9.95. The van der Waals surface area contributed by atoms with E-state index in [2.05, 4.69) is 26.2 Å². The normalized spacial score (nSPS) is 14.6. The third-order valence-electron chi connectivity index (χ3n) is 5.99. The number of allylic oxidation sites excluding steroid dienone is 1. The molecule has 0 saturated carbocycles. The van der Waals surface area contributed by atoms with Crippen molar-refractivity contribution >= 4 is 62.8 Å². The smallest absolute Gasteiger partial charge is 0.338 e. The first-order chi connectivity index (χ1) is 18.8. The predicted octanol–water partition coefficient (Wildman–Crippen LogP) is 7.68. The molecule has 0 saturated heterocycles. The van der Waals surface area contributed by atoms with Crippen LogP contribution in [0.1, 0.15) is 50.8 Å². The lowest BCUT2D eigenvalue weighted by molar-refractivity contribution is -0.139. The molecule has 2 heterocycles. The van der Waals surface area contributed by atoms with Crippen LogP contribution >= 0.6 is 50.9 Å². The molecule has 208 valence electrons. The van der Waals surface area contributed by atoms with Gasteiger partial charge in [0.1, 0.15) is 12.6 Å². The molecule has 0 aliphatic carbocycles. The monoisotopic (exact) mass is 654 g/mol. The standard InChI is InChI=1S/C27H29BrCl2N4O4S/c1-5-7-10-37-25(35)22-15(3)31-26-32-27(39-6-2)33-34(26)23(22)17-12-18(28)24(21(13-17)36-4)38-14-16-8-9-19(29)20(30)11-16/h8-9,11-13,23H,5-7,10,14H2,1-4H3,(H,31,32,33). The summed E-state index contributed by atoms with van der Waals surface area (Å²) in [6, 6.07) is 8.48. The van der Waals surface area contributed by atoms with Crippen molar-refractivity contribution in [1.82, 2.24) is 14.8 Å². The average Bonchev–Trinajstić information content (AvgIpc) is 3.30. The molecule has 0 bridgehead atoms. The van der Waals surface area contributed by atoms with E-state index in [1.807, 2.05) is 39.0 Å². The molecule has 1 N–H and O–H groups in total. The van der Waals surface area contributed by atoms with Crippen molar-refractivity contribution in [3.63, 3.8) is 0 Å². The summed E-state index contributed by atoms with van der Waals surface area (Å²) in [5.41, 5.74) is 2.72. The van der Waals surface area contributed by atoms with Gasteiger partial charge >= 0.3 is 5.97 Å². The summed E-state index contributed by atoms with van der Waals surface area (Å²) in [7, 11) is 1.57. The summed E-state index contributed by atoms with van der Waals surface area (Å²) in [6.07, 6.45) is 1.71. The lowest BCUT2D eigenvalue weighted by Gasteiger charge is -2.29. The molecule has 3 aromatic rings. The summed E-state index contributed by atoms with van der Waals surface area (Å²) in [5, 5.41) is 9.49. The van der Waals surface area contributed by atoms with Gasteiger partial charge < -0.3 is 19.5 Å². The highest BCUT2D eigenvalue weighted by Crippen LogP contribution is 2.43. The summed E-state index contributed by atoms with van der Waals surface area (Å²) >= 11 is 17.4. The van der Waals surface area contributed by atoms with Crippen molar-refractivity contribution in [3.05, 3.63) is 67.2 Å². The third-order valence-corrected chi connectivity index (χ3v) is 8.04. The van der Waals surface area contributed by atoms with Crippen LogP contribution in [0, 0.1) is 0 Å². The summed E-state index contributed by atoms with van der Waals surface area (Å²) in [6.45, 7) is 6.52. The number of hydrogen-bond acceptors (Lipinski definition) is 8. The first kappa shape index (κ1) is 29.6. The predicted molar refractivity (Wildman–Crippen MR) is 158 cm³/mol. The Morgan fingerprint density at radius 3 is 2.69 bits per heavy atom. The highest BCUT2D eigenvalue weighted by molar-refractivity contribution is 9.10. The van der Waals surface area contributed by atoms with Crippen LogP contribution in [0.5, 0.6) is 11.5 Å². The minimum atomic E-state index is -0.594. The Hall–Kier alpha value is -2.40. The van der Waals surface area contributed by atoms with Gasteiger partial charge in [0.15, 0.2) is 11.5 Å². The largest absolute Gasteiger partial charge is 0.493 e. The van der Waals surface area contributed by atoms with Gasteiger partial charge in [-0.2, -0.15) is 4.98 Å². The molecule has 0 fully saturated rings. The van der Waals surface area contributed by atoms with E-state index < -0.39 is 12.0 Å². The summed E-state index contributed by atoms with van der Waals surface area (Å²) in [4.78, 5) is 18.0. The van der Waals surface area contributed by atoms with Crippen LogP contribution in [-0.2, 0) is 16.1 Å². The van der Waals surface area contributed by atoms with Gasteiger partial charge in [0, 0.05) is 5.70 Å². The number of nitrogens with zero attached hydrogens (tertiary/aromatic N) is 3. The lowest BCUT2D eigenvalue weighted by Crippen LogP contribution is -2.30. The van der Waals surface area contributed by atoms with Crippen molar-refractivity contribution < 1.29 is 19.0 Å². The minimum absolute atomic E-state index is 0.247. The van der Waals surface area contributed by atoms with Crippen LogP contribution in [-0.4, -0.2) is 40.2 Å². The van der Waals surface area contributed by atoms with Crippen LogP contribution in [0.15, 0.2) is 51.2 Å². The van der Waals surface area contributed by atoms with E-state index in [0.29, 0.717) is 55.0 Å². The Labute approximate surface area is 250 Å². The number of rotatable bonds is 11. The number of thioether (sulfide) groups is 1. The van der Waals surface area contributed by atoms with Crippen molar-refractivity contribution in [3.8, 4) is 11.5 Å². The van der Waals surface area contributed by atoms with E-state index in [1.54, 1.807) is 23.9 Å². The number of aromatic nitrogens is 3. The van der Waals surface area contributed by atoms with Crippen molar-refractivity contribution in [1.29, 1.82) is 0 Å². The number of esters is 1. The van der Waals surface area contributed by atoms with E-state index in [4.69, 9.17) is 42.5 Å². The number of benzene rings is 2. The molecule has 4 rings (SSSR count). The molecule has 2 aromatic carbocycles. The minimum Gasteiger partial charge on any atom is -0.493 e. The zero-order valence-corrected chi connectivity index (χ0v) is 25.9. The van der Waals surface area contributed by atoms with Gasteiger partial charge in [-0.05, 0) is 70.4 Å². The summed E-state index contributed by atoms with van der Waals surface area (Å²) in [5.74, 6) is 1.96. The van der Waals surface area contributed by atoms with Crippen LogP contribution in [0.3, 0.4) is 0 Å². The second-order valence-electron chi connectivity index (χ2n) is 8.72. The number of fused-ring (bicyclic) bond motifs is 1. The second kappa shape index (κ2) is 13.3. The van der Waals surface area contributed by atoms with E-state index in [0.717, 1.165) is 29.7 Å². The fraction of sp³-hybridized carbons (Fsp3) is 0.370. The molecule has 1 aliphatic rings. The molecule has 0 spiro atoms. The molecule has 1 atom stereocenters. The van der Waals surface area contributed by atoms with Gasteiger partial charge in [0.2, 0.25) is 11.1 Å². The number of methoxy groups -OCH3 is 1. The van der Waals surface area contributed by atoms with Crippen molar-refractivity contribution in [2.75, 3.05) is 24.8 Å². The Morgan fingerprint density at radius 2 is 2.00 bits per heavy atom. The van der Waals surface area contributed by atoms with Gasteiger partial charge in [0.05, 0.1) is 33.8 Å².